The van der Waals surface area contributed by atoms with Crippen LogP contribution < -0.4 is 5.32 Å². The summed E-state index contributed by atoms with van der Waals surface area (Å²) in [4.78, 5) is 17.6. The predicted molar refractivity (Wildman–Crippen MR) is 66.5 cm³/mol. The lowest BCUT2D eigenvalue weighted by Gasteiger charge is -2.17. The average Bonchev–Trinajstić information content (AvgIpc) is 2.72. The molecule has 1 amide bonds. The first-order valence-electron chi connectivity index (χ1n) is 5.42. The number of carbonyl (C=O) groups is 1. The first-order chi connectivity index (χ1) is 7.54. The molecule has 1 aromatic heterocycles. The van der Waals surface area contributed by atoms with Gasteiger partial charge >= 0.3 is 0 Å². The van der Waals surface area contributed by atoms with Crippen molar-refractivity contribution in [1.29, 1.82) is 0 Å². The molecular formula is C11H19N3OS. The fourth-order valence-corrected chi connectivity index (χ4v) is 2.07. The minimum absolute atomic E-state index is 0.0888. The van der Waals surface area contributed by atoms with E-state index >= 15 is 0 Å². The molecule has 4 nitrogen and oxygen atoms in total. The van der Waals surface area contributed by atoms with Crippen LogP contribution in [-0.2, 0) is 17.8 Å². The highest BCUT2D eigenvalue weighted by atomic mass is 32.1. The van der Waals surface area contributed by atoms with Gasteiger partial charge in [-0.1, -0.05) is 6.92 Å². The van der Waals surface area contributed by atoms with Crippen LogP contribution in [0.5, 0.6) is 0 Å². The third-order valence-corrected chi connectivity index (χ3v) is 3.34. The average molecular weight is 241 g/mol. The van der Waals surface area contributed by atoms with Gasteiger partial charge in [0, 0.05) is 26.0 Å². The number of hydrogen-bond acceptors (Lipinski definition) is 4. The Morgan fingerprint density at radius 2 is 2.31 bits per heavy atom. The van der Waals surface area contributed by atoms with E-state index in [9.17, 15) is 4.79 Å². The molecule has 0 saturated heterocycles. The van der Waals surface area contributed by atoms with Gasteiger partial charge in [-0.3, -0.25) is 4.79 Å². The standard InChI is InChI=1S/C11H19N3OS/c1-5-10-13-9(7-16-10)6-12-8(2)11(15)14(3)4/h7-8,12H,5-6H2,1-4H3. The Kier molecular flexibility index (Phi) is 4.89. The van der Waals surface area contributed by atoms with E-state index in [1.165, 1.54) is 0 Å². The molecule has 0 spiro atoms. The number of thiazole rings is 1. The number of carbonyl (C=O) groups excluding carboxylic acids is 1. The summed E-state index contributed by atoms with van der Waals surface area (Å²) in [6, 6.07) is -0.165. The van der Waals surface area contributed by atoms with Gasteiger partial charge < -0.3 is 10.2 Å². The normalized spacial score (nSPS) is 12.5. The number of aryl methyl sites for hydroxylation is 1. The summed E-state index contributed by atoms with van der Waals surface area (Å²) in [6.07, 6.45) is 0.969. The van der Waals surface area contributed by atoms with Gasteiger partial charge in [-0.25, -0.2) is 4.98 Å². The van der Waals surface area contributed by atoms with Crippen molar-refractivity contribution < 1.29 is 4.79 Å². The van der Waals surface area contributed by atoms with Crippen molar-refractivity contribution in [3.05, 3.63) is 16.1 Å². The zero-order valence-corrected chi connectivity index (χ0v) is 11.1. The summed E-state index contributed by atoms with van der Waals surface area (Å²) in [5, 5.41) is 6.35. The summed E-state index contributed by atoms with van der Waals surface area (Å²) >= 11 is 1.67. The number of rotatable bonds is 5. The third-order valence-electron chi connectivity index (χ3n) is 2.30. The smallest absolute Gasteiger partial charge is 0.238 e. The van der Waals surface area contributed by atoms with Gasteiger partial charge in [0.15, 0.2) is 0 Å². The fourth-order valence-electron chi connectivity index (χ4n) is 1.32. The van der Waals surface area contributed by atoms with Crippen LogP contribution in [0, 0.1) is 0 Å². The van der Waals surface area contributed by atoms with Crippen LogP contribution in [0.1, 0.15) is 24.5 Å². The molecule has 1 atom stereocenters. The molecule has 1 aromatic rings. The van der Waals surface area contributed by atoms with Crippen molar-refractivity contribution in [2.45, 2.75) is 32.9 Å². The zero-order chi connectivity index (χ0) is 12.1. The lowest BCUT2D eigenvalue weighted by Crippen LogP contribution is -2.41. The molecule has 0 radical (unpaired) electrons. The van der Waals surface area contributed by atoms with Crippen molar-refractivity contribution in [2.24, 2.45) is 0 Å². The highest BCUT2D eigenvalue weighted by Gasteiger charge is 2.14. The Morgan fingerprint density at radius 3 is 2.81 bits per heavy atom. The maximum atomic E-state index is 11.6. The van der Waals surface area contributed by atoms with Gasteiger partial charge in [-0.15, -0.1) is 11.3 Å². The summed E-state index contributed by atoms with van der Waals surface area (Å²) < 4.78 is 0. The molecule has 1 N–H and O–H groups in total. The SMILES string of the molecule is CCc1nc(CNC(C)C(=O)N(C)C)cs1. The topological polar surface area (TPSA) is 45.2 Å². The molecule has 0 aliphatic heterocycles. The molecule has 0 fully saturated rings. The van der Waals surface area contributed by atoms with Crippen molar-refractivity contribution >= 4 is 17.2 Å². The predicted octanol–water partition coefficient (Wildman–Crippen LogP) is 1.27. The lowest BCUT2D eigenvalue weighted by atomic mass is 10.3. The van der Waals surface area contributed by atoms with E-state index in [-0.39, 0.29) is 11.9 Å². The van der Waals surface area contributed by atoms with E-state index in [2.05, 4.69) is 17.2 Å². The number of hydrogen-bond donors (Lipinski definition) is 1. The first kappa shape index (κ1) is 13.1. The highest BCUT2D eigenvalue weighted by Crippen LogP contribution is 2.09. The molecule has 0 aliphatic rings. The molecule has 1 unspecified atom stereocenters. The Labute approximate surface area is 101 Å². The van der Waals surface area contributed by atoms with Gasteiger partial charge in [0.05, 0.1) is 16.7 Å². The highest BCUT2D eigenvalue weighted by molar-refractivity contribution is 7.09. The second-order valence-corrected chi connectivity index (χ2v) is 4.86. The Balaban J connectivity index is 2.42. The van der Waals surface area contributed by atoms with Crippen molar-refractivity contribution in [3.8, 4) is 0 Å². The van der Waals surface area contributed by atoms with E-state index in [1.807, 2.05) is 12.3 Å². The number of likely N-dealkylation sites (N-methyl/N-ethyl adjacent to an activating group) is 1. The van der Waals surface area contributed by atoms with Crippen LogP contribution in [0.2, 0.25) is 0 Å². The van der Waals surface area contributed by atoms with E-state index in [0.29, 0.717) is 6.54 Å². The number of amides is 1. The second-order valence-electron chi connectivity index (χ2n) is 3.92. The van der Waals surface area contributed by atoms with Gasteiger partial charge in [-0.05, 0) is 13.3 Å². The van der Waals surface area contributed by atoms with Crippen molar-refractivity contribution in [3.63, 3.8) is 0 Å². The number of nitrogens with zero attached hydrogens (tertiary/aromatic N) is 2. The monoisotopic (exact) mass is 241 g/mol. The molecule has 16 heavy (non-hydrogen) atoms. The molecule has 0 bridgehead atoms. The van der Waals surface area contributed by atoms with Crippen molar-refractivity contribution in [2.75, 3.05) is 14.1 Å². The zero-order valence-electron chi connectivity index (χ0n) is 10.3. The van der Waals surface area contributed by atoms with Gasteiger partial charge in [0.25, 0.3) is 0 Å². The molecule has 0 saturated carbocycles. The van der Waals surface area contributed by atoms with Gasteiger partial charge in [-0.2, -0.15) is 0 Å². The minimum atomic E-state index is -0.165. The molecule has 1 rings (SSSR count). The Morgan fingerprint density at radius 1 is 1.62 bits per heavy atom. The van der Waals surface area contributed by atoms with E-state index < -0.39 is 0 Å². The van der Waals surface area contributed by atoms with E-state index in [4.69, 9.17) is 0 Å². The van der Waals surface area contributed by atoms with E-state index in [1.54, 1.807) is 30.3 Å². The number of aromatic nitrogens is 1. The maximum absolute atomic E-state index is 11.6. The van der Waals surface area contributed by atoms with Crippen LogP contribution in [0.15, 0.2) is 5.38 Å². The molecule has 1 heterocycles. The Bertz CT molecular complexity index is 349. The van der Waals surface area contributed by atoms with Crippen LogP contribution in [-0.4, -0.2) is 35.9 Å². The molecular weight excluding hydrogens is 222 g/mol. The van der Waals surface area contributed by atoms with Crippen molar-refractivity contribution in [1.82, 2.24) is 15.2 Å². The summed E-state index contributed by atoms with van der Waals surface area (Å²) in [7, 11) is 3.52. The number of nitrogens with one attached hydrogen (secondary N) is 1. The summed E-state index contributed by atoms with van der Waals surface area (Å²) in [5.74, 6) is 0.0888. The maximum Gasteiger partial charge on any atom is 0.238 e. The van der Waals surface area contributed by atoms with E-state index in [0.717, 1.165) is 17.1 Å². The first-order valence-corrected chi connectivity index (χ1v) is 6.30. The van der Waals surface area contributed by atoms with Crippen LogP contribution >= 0.6 is 11.3 Å². The lowest BCUT2D eigenvalue weighted by molar-refractivity contribution is -0.130. The fraction of sp³-hybridized carbons (Fsp3) is 0.636. The molecule has 90 valence electrons. The van der Waals surface area contributed by atoms with Crippen LogP contribution in [0.3, 0.4) is 0 Å². The minimum Gasteiger partial charge on any atom is -0.347 e. The molecule has 0 aliphatic carbocycles. The van der Waals surface area contributed by atoms with Crippen LogP contribution in [0.25, 0.3) is 0 Å². The molecule has 0 aromatic carbocycles. The third kappa shape index (κ3) is 3.57. The summed E-state index contributed by atoms with van der Waals surface area (Å²) in [5.41, 5.74) is 1.01. The van der Waals surface area contributed by atoms with Gasteiger partial charge in [0.1, 0.15) is 0 Å². The summed E-state index contributed by atoms with van der Waals surface area (Å²) in [6.45, 7) is 4.61. The van der Waals surface area contributed by atoms with Crippen LogP contribution in [0.4, 0.5) is 0 Å². The Hall–Kier alpha value is -0.940. The molecule has 5 heteroatoms. The second kappa shape index (κ2) is 5.96. The largest absolute Gasteiger partial charge is 0.347 e. The van der Waals surface area contributed by atoms with Gasteiger partial charge in [0.2, 0.25) is 5.91 Å². The quantitative estimate of drug-likeness (QED) is 0.844.